The lowest BCUT2D eigenvalue weighted by Gasteiger charge is -2.07. The van der Waals surface area contributed by atoms with Crippen LogP contribution in [0.25, 0.3) is 0 Å². The van der Waals surface area contributed by atoms with Crippen LogP contribution in [0.1, 0.15) is 11.1 Å². The number of hydrogen-bond donors (Lipinski definition) is 1. The van der Waals surface area contributed by atoms with E-state index < -0.39 is 0 Å². The molecule has 0 aliphatic carbocycles. The van der Waals surface area contributed by atoms with Crippen LogP contribution in [0.5, 0.6) is 0 Å². The van der Waals surface area contributed by atoms with Gasteiger partial charge in [0.15, 0.2) is 0 Å². The molecule has 0 fully saturated rings. The molecule has 1 N–H and O–H groups in total. The Kier molecular flexibility index (Phi) is 4.90. The Labute approximate surface area is 115 Å². The highest BCUT2D eigenvalue weighted by Crippen LogP contribution is 2.19. The smallest absolute Gasteiger partial charge is 0.137 e. The molecule has 0 unspecified atom stereocenters. The van der Waals surface area contributed by atoms with E-state index in [0.29, 0.717) is 11.0 Å². The van der Waals surface area contributed by atoms with Gasteiger partial charge in [0.25, 0.3) is 0 Å². The van der Waals surface area contributed by atoms with Crippen LogP contribution in [0.3, 0.4) is 0 Å². The van der Waals surface area contributed by atoms with E-state index >= 15 is 0 Å². The molecule has 0 spiro atoms. The van der Waals surface area contributed by atoms with Crippen molar-refractivity contribution in [1.82, 2.24) is 5.32 Å². The van der Waals surface area contributed by atoms with Gasteiger partial charge in [-0.3, -0.25) is 0 Å². The summed E-state index contributed by atoms with van der Waals surface area (Å²) in [5.74, 6) is -0.211. The first-order valence-corrected chi connectivity index (χ1v) is 6.74. The molecule has 0 radical (unpaired) electrons. The van der Waals surface area contributed by atoms with Gasteiger partial charge in [0.05, 0.1) is 4.47 Å². The van der Waals surface area contributed by atoms with Crippen molar-refractivity contribution < 1.29 is 4.39 Å². The van der Waals surface area contributed by atoms with Crippen molar-refractivity contribution in [2.45, 2.75) is 13.0 Å². The monoisotopic (exact) mass is 307 g/mol. The quantitative estimate of drug-likeness (QED) is 0.826. The molecule has 0 heterocycles. The van der Waals surface area contributed by atoms with Crippen LogP contribution in [0.15, 0.2) is 53.0 Å². The van der Waals surface area contributed by atoms with E-state index in [0.717, 1.165) is 18.5 Å². The standard InChI is InChI=1S/C15H15BrFN/c16-15-13(7-4-8-14(15)17)11-18-10-9-12-5-2-1-3-6-12/h1-8,18H,9-11H2. The van der Waals surface area contributed by atoms with E-state index in [2.05, 4.69) is 33.4 Å². The molecule has 0 amide bonds. The maximum Gasteiger partial charge on any atom is 0.137 e. The van der Waals surface area contributed by atoms with Gasteiger partial charge in [-0.05, 0) is 46.1 Å². The number of hydrogen-bond acceptors (Lipinski definition) is 1. The maximum atomic E-state index is 13.3. The summed E-state index contributed by atoms with van der Waals surface area (Å²) in [6, 6.07) is 15.4. The summed E-state index contributed by atoms with van der Waals surface area (Å²) in [5, 5.41) is 3.32. The summed E-state index contributed by atoms with van der Waals surface area (Å²) < 4.78 is 13.8. The third-order valence-electron chi connectivity index (χ3n) is 2.78. The van der Waals surface area contributed by atoms with Crippen LogP contribution < -0.4 is 5.32 Å². The molecule has 18 heavy (non-hydrogen) atoms. The van der Waals surface area contributed by atoms with Crippen molar-refractivity contribution in [3.63, 3.8) is 0 Å². The predicted octanol–water partition coefficient (Wildman–Crippen LogP) is 3.92. The molecule has 94 valence electrons. The van der Waals surface area contributed by atoms with E-state index in [1.165, 1.54) is 11.6 Å². The van der Waals surface area contributed by atoms with E-state index in [1.54, 1.807) is 6.07 Å². The van der Waals surface area contributed by atoms with Crippen molar-refractivity contribution in [3.8, 4) is 0 Å². The second-order valence-corrected chi connectivity index (χ2v) is 4.92. The predicted molar refractivity (Wildman–Crippen MR) is 76.0 cm³/mol. The van der Waals surface area contributed by atoms with Crippen molar-refractivity contribution in [3.05, 3.63) is 69.9 Å². The molecule has 0 aliphatic rings. The molecule has 1 nitrogen and oxygen atoms in total. The third-order valence-corrected chi connectivity index (χ3v) is 3.67. The third kappa shape index (κ3) is 3.65. The van der Waals surface area contributed by atoms with Crippen molar-refractivity contribution in [2.75, 3.05) is 6.54 Å². The highest BCUT2D eigenvalue weighted by atomic mass is 79.9. The normalized spacial score (nSPS) is 10.6. The summed E-state index contributed by atoms with van der Waals surface area (Å²) in [7, 11) is 0. The van der Waals surface area contributed by atoms with Crippen LogP contribution in [-0.4, -0.2) is 6.54 Å². The summed E-state index contributed by atoms with van der Waals surface area (Å²) in [6.07, 6.45) is 0.980. The Balaban J connectivity index is 1.81. The van der Waals surface area contributed by atoms with E-state index in [1.807, 2.05) is 24.3 Å². The Morgan fingerprint density at radius 3 is 2.56 bits per heavy atom. The second-order valence-electron chi connectivity index (χ2n) is 4.13. The first kappa shape index (κ1) is 13.2. The fraction of sp³-hybridized carbons (Fsp3) is 0.200. The van der Waals surface area contributed by atoms with Gasteiger partial charge in [-0.25, -0.2) is 4.39 Å². The van der Waals surface area contributed by atoms with E-state index in [4.69, 9.17) is 0 Å². The minimum Gasteiger partial charge on any atom is -0.312 e. The SMILES string of the molecule is Fc1cccc(CNCCc2ccccc2)c1Br. The molecule has 3 heteroatoms. The van der Waals surface area contributed by atoms with Gasteiger partial charge < -0.3 is 5.32 Å². The minimum atomic E-state index is -0.211. The first-order valence-electron chi connectivity index (χ1n) is 5.95. The number of halogens is 2. The fourth-order valence-electron chi connectivity index (χ4n) is 1.79. The van der Waals surface area contributed by atoms with Gasteiger partial charge >= 0.3 is 0 Å². The molecule has 2 aromatic rings. The highest BCUT2D eigenvalue weighted by Gasteiger charge is 2.03. The average molecular weight is 308 g/mol. The lowest BCUT2D eigenvalue weighted by atomic mass is 10.1. The fourth-order valence-corrected chi connectivity index (χ4v) is 2.19. The Morgan fingerprint density at radius 2 is 1.78 bits per heavy atom. The Bertz CT molecular complexity index is 499. The largest absolute Gasteiger partial charge is 0.312 e. The van der Waals surface area contributed by atoms with Gasteiger partial charge in [-0.2, -0.15) is 0 Å². The molecule has 2 aromatic carbocycles. The zero-order chi connectivity index (χ0) is 12.8. The molecular weight excluding hydrogens is 293 g/mol. The first-order chi connectivity index (χ1) is 8.77. The highest BCUT2D eigenvalue weighted by molar-refractivity contribution is 9.10. The van der Waals surface area contributed by atoms with Crippen LogP contribution in [0, 0.1) is 5.82 Å². The van der Waals surface area contributed by atoms with Crippen LogP contribution in [0.2, 0.25) is 0 Å². The van der Waals surface area contributed by atoms with Gasteiger partial charge in [-0.15, -0.1) is 0 Å². The average Bonchev–Trinajstić information content (AvgIpc) is 2.40. The Morgan fingerprint density at radius 1 is 1.00 bits per heavy atom. The van der Waals surface area contributed by atoms with Crippen LogP contribution in [0.4, 0.5) is 4.39 Å². The molecular formula is C15H15BrFN. The molecule has 0 saturated heterocycles. The Hall–Kier alpha value is -1.19. The molecule has 2 rings (SSSR count). The van der Waals surface area contributed by atoms with E-state index in [9.17, 15) is 4.39 Å². The van der Waals surface area contributed by atoms with Gasteiger partial charge in [0.2, 0.25) is 0 Å². The van der Waals surface area contributed by atoms with Gasteiger partial charge in [0, 0.05) is 6.54 Å². The number of nitrogens with one attached hydrogen (secondary N) is 1. The molecule has 0 atom stereocenters. The lowest BCUT2D eigenvalue weighted by molar-refractivity contribution is 0.612. The number of benzene rings is 2. The van der Waals surface area contributed by atoms with Crippen LogP contribution >= 0.6 is 15.9 Å². The zero-order valence-corrected chi connectivity index (χ0v) is 11.6. The molecule has 0 aromatic heterocycles. The van der Waals surface area contributed by atoms with E-state index in [-0.39, 0.29) is 5.82 Å². The molecule has 0 bridgehead atoms. The zero-order valence-electron chi connectivity index (χ0n) is 10.00. The molecule has 0 aliphatic heterocycles. The van der Waals surface area contributed by atoms with Crippen molar-refractivity contribution in [2.24, 2.45) is 0 Å². The maximum absolute atomic E-state index is 13.3. The number of rotatable bonds is 5. The summed E-state index contributed by atoms with van der Waals surface area (Å²) >= 11 is 3.26. The topological polar surface area (TPSA) is 12.0 Å². The second kappa shape index (κ2) is 6.66. The van der Waals surface area contributed by atoms with Crippen LogP contribution in [-0.2, 0) is 13.0 Å². The van der Waals surface area contributed by atoms with Gasteiger partial charge in [0.1, 0.15) is 5.82 Å². The molecule has 0 saturated carbocycles. The summed E-state index contributed by atoms with van der Waals surface area (Å²) in [6.45, 7) is 1.55. The van der Waals surface area contributed by atoms with Crippen molar-refractivity contribution in [1.29, 1.82) is 0 Å². The summed E-state index contributed by atoms with van der Waals surface area (Å²) in [4.78, 5) is 0. The van der Waals surface area contributed by atoms with Gasteiger partial charge in [-0.1, -0.05) is 42.5 Å². The summed E-state index contributed by atoms with van der Waals surface area (Å²) in [5.41, 5.74) is 2.26. The van der Waals surface area contributed by atoms with Crippen molar-refractivity contribution >= 4 is 15.9 Å². The lowest BCUT2D eigenvalue weighted by Crippen LogP contribution is -2.17. The minimum absolute atomic E-state index is 0.211.